The van der Waals surface area contributed by atoms with Gasteiger partial charge in [0.1, 0.15) is 12.4 Å². The number of ether oxygens (including phenoxy) is 1. The molecule has 0 aliphatic heterocycles. The Morgan fingerprint density at radius 3 is 2.48 bits per heavy atom. The summed E-state index contributed by atoms with van der Waals surface area (Å²) in [4.78, 5) is 12.6. The first-order valence-electron chi connectivity index (χ1n) is 9.49. The second-order valence-corrected chi connectivity index (χ2v) is 6.71. The molecule has 2 heteroatoms. The normalized spacial score (nSPS) is 12.0. The highest BCUT2D eigenvalue weighted by Gasteiger charge is 2.16. The minimum absolute atomic E-state index is 0.262. The van der Waals surface area contributed by atoms with Crippen LogP contribution in [0, 0.1) is 0 Å². The Kier molecular flexibility index (Phi) is 7.72. The van der Waals surface area contributed by atoms with Gasteiger partial charge in [-0.05, 0) is 48.1 Å². The number of carbonyl (C=O) groups excluding carboxylic acids is 1. The molecule has 2 nitrogen and oxygen atoms in total. The van der Waals surface area contributed by atoms with Crippen LogP contribution in [0.5, 0.6) is 5.75 Å². The van der Waals surface area contributed by atoms with E-state index in [1.54, 1.807) is 0 Å². The molecule has 1 atom stereocenters. The molecule has 0 radical (unpaired) electrons. The number of ketones is 1. The molecule has 0 aliphatic carbocycles. The van der Waals surface area contributed by atoms with Crippen molar-refractivity contribution in [2.24, 2.45) is 0 Å². The molecular weight excluding hydrogens is 308 g/mol. The molecule has 1 unspecified atom stereocenters. The maximum absolute atomic E-state index is 12.6. The highest BCUT2D eigenvalue weighted by molar-refractivity contribution is 5.97. The minimum atomic E-state index is 0.262. The number of rotatable bonds is 10. The number of hydrogen-bond acceptors (Lipinski definition) is 2. The van der Waals surface area contributed by atoms with Crippen LogP contribution in [-0.2, 0) is 6.61 Å². The van der Waals surface area contributed by atoms with Crippen molar-refractivity contribution in [3.63, 3.8) is 0 Å². The average Bonchev–Trinajstić information content (AvgIpc) is 2.66. The van der Waals surface area contributed by atoms with Gasteiger partial charge >= 0.3 is 0 Å². The molecule has 0 heterocycles. The lowest BCUT2D eigenvalue weighted by Crippen LogP contribution is -2.07. The Hall–Kier alpha value is -2.09. The predicted molar refractivity (Wildman–Crippen MR) is 104 cm³/mol. The third kappa shape index (κ3) is 5.74. The lowest BCUT2D eigenvalue weighted by Gasteiger charge is -2.16. The molecule has 2 rings (SSSR count). The van der Waals surface area contributed by atoms with Crippen molar-refractivity contribution < 1.29 is 9.53 Å². The van der Waals surface area contributed by atoms with Crippen LogP contribution < -0.4 is 4.74 Å². The Morgan fingerprint density at radius 2 is 1.80 bits per heavy atom. The van der Waals surface area contributed by atoms with E-state index >= 15 is 0 Å². The third-order valence-corrected chi connectivity index (χ3v) is 4.72. The Balaban J connectivity index is 2.14. The van der Waals surface area contributed by atoms with Crippen LogP contribution >= 0.6 is 0 Å². The van der Waals surface area contributed by atoms with Gasteiger partial charge in [0.15, 0.2) is 5.78 Å². The molecule has 2 aromatic rings. The summed E-state index contributed by atoms with van der Waals surface area (Å²) in [6.45, 7) is 7.05. The van der Waals surface area contributed by atoms with Gasteiger partial charge in [0.2, 0.25) is 0 Å². The second kappa shape index (κ2) is 10.0. The Morgan fingerprint density at radius 1 is 1.04 bits per heavy atom. The van der Waals surface area contributed by atoms with Gasteiger partial charge in [-0.25, -0.2) is 0 Å². The smallest absolute Gasteiger partial charge is 0.163 e. The van der Waals surface area contributed by atoms with Crippen LogP contribution in [0.3, 0.4) is 0 Å². The van der Waals surface area contributed by atoms with Crippen LogP contribution in [0.15, 0.2) is 48.5 Å². The third-order valence-electron chi connectivity index (χ3n) is 4.72. The van der Waals surface area contributed by atoms with Gasteiger partial charge in [-0.3, -0.25) is 4.79 Å². The molecule has 0 fully saturated rings. The molecule has 25 heavy (non-hydrogen) atoms. The SMILES string of the molecule is CCCCCC(=O)c1ccc(OCc2ccccc2)cc1C(C)CC. The van der Waals surface area contributed by atoms with Gasteiger partial charge in [0.25, 0.3) is 0 Å². The summed E-state index contributed by atoms with van der Waals surface area (Å²) in [5, 5.41) is 0. The van der Waals surface area contributed by atoms with E-state index in [2.05, 4.69) is 39.0 Å². The number of carbonyl (C=O) groups is 1. The van der Waals surface area contributed by atoms with Crippen LogP contribution in [0.1, 0.15) is 80.3 Å². The molecule has 134 valence electrons. The molecular formula is C23H30O2. The molecule has 0 aliphatic rings. The van der Waals surface area contributed by atoms with Gasteiger partial charge in [0.05, 0.1) is 0 Å². The lowest BCUT2D eigenvalue weighted by atomic mass is 9.90. The van der Waals surface area contributed by atoms with Crippen LogP contribution in [0.2, 0.25) is 0 Å². The summed E-state index contributed by atoms with van der Waals surface area (Å²) in [6.07, 6.45) is 4.88. The van der Waals surface area contributed by atoms with Crippen LogP contribution in [0.25, 0.3) is 0 Å². The van der Waals surface area contributed by atoms with E-state index in [-0.39, 0.29) is 5.78 Å². The summed E-state index contributed by atoms with van der Waals surface area (Å²) in [5.41, 5.74) is 3.14. The minimum Gasteiger partial charge on any atom is -0.489 e. The first kappa shape index (κ1) is 19.2. The van der Waals surface area contributed by atoms with Crippen LogP contribution in [-0.4, -0.2) is 5.78 Å². The monoisotopic (exact) mass is 338 g/mol. The first-order valence-corrected chi connectivity index (χ1v) is 9.49. The van der Waals surface area contributed by atoms with E-state index in [0.29, 0.717) is 18.9 Å². The predicted octanol–water partition coefficient (Wildman–Crippen LogP) is 6.54. The first-order chi connectivity index (χ1) is 12.2. The largest absolute Gasteiger partial charge is 0.489 e. The number of hydrogen-bond donors (Lipinski definition) is 0. The Bertz CT molecular complexity index is 661. The molecule has 0 saturated heterocycles. The van der Waals surface area contributed by atoms with Crippen molar-refractivity contribution in [2.45, 2.75) is 65.4 Å². The fourth-order valence-electron chi connectivity index (χ4n) is 2.92. The van der Waals surface area contributed by atoms with Gasteiger partial charge < -0.3 is 4.74 Å². The second-order valence-electron chi connectivity index (χ2n) is 6.71. The molecule has 2 aromatic carbocycles. The van der Waals surface area contributed by atoms with Crippen molar-refractivity contribution in [3.05, 3.63) is 65.2 Å². The zero-order valence-corrected chi connectivity index (χ0v) is 15.8. The van der Waals surface area contributed by atoms with Crippen molar-refractivity contribution in [1.82, 2.24) is 0 Å². The summed E-state index contributed by atoms with van der Waals surface area (Å²) in [5.74, 6) is 1.45. The standard InChI is InChI=1S/C23H30O2/c1-4-6-8-13-23(24)21-15-14-20(16-22(21)18(3)5-2)25-17-19-11-9-7-10-12-19/h7,9-12,14-16,18H,4-6,8,13,17H2,1-3H3. The zero-order valence-electron chi connectivity index (χ0n) is 15.8. The number of unbranched alkanes of at least 4 members (excludes halogenated alkanes) is 2. The zero-order chi connectivity index (χ0) is 18.1. The fraction of sp³-hybridized carbons (Fsp3) is 0.435. The molecule has 0 spiro atoms. The van der Waals surface area contributed by atoms with Gasteiger partial charge in [-0.15, -0.1) is 0 Å². The van der Waals surface area contributed by atoms with E-state index < -0.39 is 0 Å². The highest BCUT2D eigenvalue weighted by Crippen LogP contribution is 2.29. The van der Waals surface area contributed by atoms with E-state index in [9.17, 15) is 4.79 Å². The van der Waals surface area contributed by atoms with E-state index in [4.69, 9.17) is 4.74 Å². The van der Waals surface area contributed by atoms with Crippen molar-refractivity contribution in [2.75, 3.05) is 0 Å². The summed E-state index contributed by atoms with van der Waals surface area (Å²) in [7, 11) is 0. The maximum Gasteiger partial charge on any atom is 0.163 e. The van der Waals surface area contributed by atoms with E-state index in [1.807, 2.05) is 30.3 Å². The van der Waals surface area contributed by atoms with E-state index in [1.165, 1.54) is 0 Å². The number of Topliss-reactive ketones (excluding diaryl/α,β-unsaturated/α-hetero) is 1. The van der Waals surface area contributed by atoms with Crippen LogP contribution in [0.4, 0.5) is 0 Å². The molecule has 0 saturated carbocycles. The average molecular weight is 338 g/mol. The molecule has 0 N–H and O–H groups in total. The fourth-order valence-corrected chi connectivity index (χ4v) is 2.92. The molecule has 0 amide bonds. The quantitative estimate of drug-likeness (QED) is 0.363. The summed E-state index contributed by atoms with van der Waals surface area (Å²) >= 11 is 0. The van der Waals surface area contributed by atoms with Gasteiger partial charge in [-0.2, -0.15) is 0 Å². The van der Waals surface area contributed by atoms with Gasteiger partial charge in [0, 0.05) is 12.0 Å². The van der Waals surface area contributed by atoms with Crippen molar-refractivity contribution in [1.29, 1.82) is 0 Å². The topological polar surface area (TPSA) is 26.3 Å². The van der Waals surface area contributed by atoms with Crippen molar-refractivity contribution in [3.8, 4) is 5.75 Å². The maximum atomic E-state index is 12.6. The molecule has 0 bridgehead atoms. The van der Waals surface area contributed by atoms with Crippen molar-refractivity contribution >= 4 is 5.78 Å². The number of benzene rings is 2. The Labute approximate surface area is 152 Å². The van der Waals surface area contributed by atoms with E-state index in [0.717, 1.165) is 48.1 Å². The summed E-state index contributed by atoms with van der Waals surface area (Å²) in [6, 6.07) is 16.1. The lowest BCUT2D eigenvalue weighted by molar-refractivity contribution is 0.0978. The summed E-state index contributed by atoms with van der Waals surface area (Å²) < 4.78 is 5.95. The van der Waals surface area contributed by atoms with Gasteiger partial charge in [-0.1, -0.05) is 63.9 Å². The molecule has 0 aromatic heterocycles. The highest BCUT2D eigenvalue weighted by atomic mass is 16.5.